The fourth-order valence-electron chi connectivity index (χ4n) is 0.597. The predicted octanol–water partition coefficient (Wildman–Crippen LogP) is 0.387. The Morgan fingerprint density at radius 1 is 1.83 bits per heavy atom. The quantitative estimate of drug-likeness (QED) is 0.508. The van der Waals surface area contributed by atoms with Crippen molar-refractivity contribution in [3.63, 3.8) is 0 Å². The highest BCUT2D eigenvalue weighted by atomic mass is 32.2. The number of thioether (sulfide) groups is 1. The molecule has 1 N–H and O–H groups in total. The normalized spacial score (nSPS) is 9.83. The van der Waals surface area contributed by atoms with E-state index in [0.29, 0.717) is 5.22 Å². The summed E-state index contributed by atoms with van der Waals surface area (Å²) in [6.45, 7) is 1.97. The molecular weight excluding hydrogens is 180 g/mol. The van der Waals surface area contributed by atoms with Gasteiger partial charge in [-0.25, -0.2) is 4.79 Å². The molecule has 1 aromatic heterocycles. The topological polar surface area (TPSA) is 66.5 Å². The molecule has 5 nitrogen and oxygen atoms in total. The van der Waals surface area contributed by atoms with Crippen LogP contribution in [-0.4, -0.2) is 23.9 Å². The molecule has 0 spiro atoms. The minimum Gasteiger partial charge on any atom is -0.462 e. The van der Waals surface area contributed by atoms with E-state index in [4.69, 9.17) is 4.42 Å². The zero-order valence-corrected chi connectivity index (χ0v) is 7.60. The summed E-state index contributed by atoms with van der Waals surface area (Å²) < 4.78 is 9.40. The third-order valence-corrected chi connectivity index (χ3v) is 1.80. The highest BCUT2D eigenvalue weighted by Gasteiger charge is 2.19. The van der Waals surface area contributed by atoms with Crippen LogP contribution in [0.15, 0.2) is 9.64 Å². The molecule has 1 heterocycles. The summed E-state index contributed by atoms with van der Waals surface area (Å²) >= 11 is 1.43. The zero-order valence-electron chi connectivity index (χ0n) is 6.79. The van der Waals surface area contributed by atoms with Crippen LogP contribution in [0.5, 0.6) is 0 Å². The van der Waals surface area contributed by atoms with E-state index in [2.05, 4.69) is 14.9 Å². The van der Waals surface area contributed by atoms with Gasteiger partial charge in [0.2, 0.25) is 0 Å². The molecule has 0 aliphatic rings. The Hall–Kier alpha value is -1.04. The van der Waals surface area contributed by atoms with E-state index in [1.807, 2.05) is 6.92 Å². The van der Waals surface area contributed by atoms with Gasteiger partial charge in [0.05, 0.1) is 7.11 Å². The third-order valence-electron chi connectivity index (χ3n) is 1.07. The molecule has 0 saturated carbocycles. The summed E-state index contributed by atoms with van der Waals surface area (Å²) in [6, 6.07) is 0. The van der Waals surface area contributed by atoms with Crippen molar-refractivity contribution in [2.45, 2.75) is 12.1 Å². The first-order chi connectivity index (χ1) is 5.77. The molecule has 1 aromatic rings. The number of nitrogens with one attached hydrogen (secondary N) is 1. The molecule has 6 heteroatoms. The van der Waals surface area contributed by atoms with Gasteiger partial charge in [-0.05, 0) is 11.8 Å². The number of hydrogen-bond donors (Lipinski definition) is 0. The number of aromatic amines is 1. The average molecular weight is 189 g/mol. The lowest BCUT2D eigenvalue weighted by molar-refractivity contribution is -0.504. The summed E-state index contributed by atoms with van der Waals surface area (Å²) in [5, 5.41) is 6.70. The molecule has 0 saturated heterocycles. The van der Waals surface area contributed by atoms with Gasteiger partial charge in [-0.3, -0.25) is 0 Å². The van der Waals surface area contributed by atoms with E-state index in [1.165, 1.54) is 18.9 Å². The number of hydrogen-bond acceptors (Lipinski definition) is 5. The van der Waals surface area contributed by atoms with Gasteiger partial charge >= 0.3 is 17.1 Å². The maximum Gasteiger partial charge on any atom is 0.436 e. The van der Waals surface area contributed by atoms with Crippen molar-refractivity contribution in [3.05, 3.63) is 5.89 Å². The minimum atomic E-state index is -0.575. The van der Waals surface area contributed by atoms with E-state index in [1.54, 1.807) is 0 Å². The first-order valence-corrected chi connectivity index (χ1v) is 4.36. The van der Waals surface area contributed by atoms with Gasteiger partial charge in [-0.1, -0.05) is 12.0 Å². The van der Waals surface area contributed by atoms with Crippen molar-refractivity contribution in [1.82, 2.24) is 5.10 Å². The van der Waals surface area contributed by atoms with Crippen molar-refractivity contribution in [2.75, 3.05) is 12.9 Å². The van der Waals surface area contributed by atoms with Crippen LogP contribution in [0.3, 0.4) is 0 Å². The minimum absolute atomic E-state index is 0.0477. The smallest absolute Gasteiger partial charge is 0.436 e. The second kappa shape index (κ2) is 4.10. The molecule has 0 amide bonds. The Bertz CT molecular complexity index is 274. The Morgan fingerprint density at radius 2 is 2.58 bits per heavy atom. The predicted molar refractivity (Wildman–Crippen MR) is 40.8 cm³/mol. The molecule has 0 atom stereocenters. The van der Waals surface area contributed by atoms with Gasteiger partial charge in [-0.2, -0.15) is 0 Å². The number of aromatic nitrogens is 2. The maximum absolute atomic E-state index is 10.8. The van der Waals surface area contributed by atoms with Gasteiger partial charge in [0.15, 0.2) is 0 Å². The van der Waals surface area contributed by atoms with E-state index >= 15 is 0 Å². The van der Waals surface area contributed by atoms with Crippen molar-refractivity contribution < 1.29 is 19.0 Å². The molecule has 0 fully saturated rings. The van der Waals surface area contributed by atoms with Crippen molar-refractivity contribution in [1.29, 1.82) is 0 Å². The Morgan fingerprint density at radius 3 is 3.17 bits per heavy atom. The lowest BCUT2D eigenvalue weighted by Crippen LogP contribution is -2.08. The zero-order chi connectivity index (χ0) is 8.97. The number of esters is 1. The lowest BCUT2D eigenvalue weighted by Gasteiger charge is -1.86. The second-order valence-electron chi connectivity index (χ2n) is 1.84. The van der Waals surface area contributed by atoms with Gasteiger partial charge in [0.1, 0.15) is 0 Å². The van der Waals surface area contributed by atoms with Gasteiger partial charge in [0, 0.05) is 10.9 Å². The summed E-state index contributed by atoms with van der Waals surface area (Å²) in [7, 11) is 1.28. The number of rotatable bonds is 3. The highest BCUT2D eigenvalue weighted by Crippen LogP contribution is 2.11. The van der Waals surface area contributed by atoms with Gasteiger partial charge < -0.3 is 9.15 Å². The Labute approximate surface area is 73.5 Å². The van der Waals surface area contributed by atoms with Crippen LogP contribution in [0, 0.1) is 0 Å². The standard InChI is InChI=1S/C6H8N2O3S/c1-3-12-6-8-7-4(11-6)5(9)10-2/h3H2,1-2H3/p+1. The van der Waals surface area contributed by atoms with Crippen LogP contribution >= 0.6 is 11.8 Å². The molecule has 0 aliphatic carbocycles. The third kappa shape index (κ3) is 1.97. The number of carbonyl (C=O) groups is 1. The molecule has 0 aliphatic heterocycles. The van der Waals surface area contributed by atoms with E-state index in [9.17, 15) is 4.79 Å². The molecule has 66 valence electrons. The fraction of sp³-hybridized carbons (Fsp3) is 0.500. The highest BCUT2D eigenvalue weighted by molar-refractivity contribution is 7.98. The first-order valence-electron chi connectivity index (χ1n) is 3.37. The number of nitrogens with zero attached hydrogens (tertiary/aromatic N) is 1. The molecule has 0 bridgehead atoms. The summed E-state index contributed by atoms with van der Waals surface area (Å²) in [4.78, 5) is 10.8. The van der Waals surface area contributed by atoms with Crippen LogP contribution in [0.4, 0.5) is 0 Å². The average Bonchev–Trinajstić information content (AvgIpc) is 2.52. The van der Waals surface area contributed by atoms with Crippen molar-refractivity contribution in [2.24, 2.45) is 0 Å². The molecule has 12 heavy (non-hydrogen) atoms. The van der Waals surface area contributed by atoms with Gasteiger partial charge in [-0.15, -0.1) is 0 Å². The summed E-state index contributed by atoms with van der Waals surface area (Å²) in [5.41, 5.74) is 0. The van der Waals surface area contributed by atoms with Crippen molar-refractivity contribution in [3.8, 4) is 0 Å². The maximum atomic E-state index is 10.8. The monoisotopic (exact) mass is 189 g/mol. The van der Waals surface area contributed by atoms with Crippen LogP contribution in [-0.2, 0) is 4.74 Å². The van der Waals surface area contributed by atoms with Crippen molar-refractivity contribution >= 4 is 17.7 Å². The fourth-order valence-corrected chi connectivity index (χ4v) is 1.11. The summed E-state index contributed by atoms with van der Waals surface area (Å²) in [5.74, 6) is 0.231. The van der Waals surface area contributed by atoms with Crippen LogP contribution < -0.4 is 5.10 Å². The molecule has 0 radical (unpaired) electrons. The lowest BCUT2D eigenvalue weighted by atomic mass is 10.7. The van der Waals surface area contributed by atoms with Crippen LogP contribution in [0.25, 0.3) is 0 Å². The second-order valence-corrected chi connectivity index (χ2v) is 3.08. The number of methoxy groups -OCH3 is 1. The molecule has 1 rings (SSSR count). The summed E-state index contributed by atoms with van der Waals surface area (Å²) in [6.07, 6.45) is 0. The molecule has 0 unspecified atom stereocenters. The Balaban J connectivity index is 2.70. The largest absolute Gasteiger partial charge is 0.462 e. The van der Waals surface area contributed by atoms with E-state index < -0.39 is 5.97 Å². The first kappa shape index (κ1) is 9.05. The number of carbonyl (C=O) groups excluding carboxylic acids is 1. The SMILES string of the molecule is CCSc1[nH+]nc(C(=O)OC)o1. The molecule has 0 aromatic carbocycles. The molecular formula is C6H9N2O3S+. The number of H-pyrrole nitrogens is 1. The van der Waals surface area contributed by atoms with Gasteiger partial charge in [0.25, 0.3) is 0 Å². The van der Waals surface area contributed by atoms with Crippen LogP contribution in [0.1, 0.15) is 17.6 Å². The van der Waals surface area contributed by atoms with Crippen LogP contribution in [0.2, 0.25) is 0 Å². The van der Waals surface area contributed by atoms with E-state index in [-0.39, 0.29) is 5.89 Å². The van der Waals surface area contributed by atoms with E-state index in [0.717, 1.165) is 5.75 Å². The Kier molecular flexibility index (Phi) is 3.09. The number of ether oxygens (including phenoxy) is 1.